The normalized spacial score (nSPS) is 13.4. The van der Waals surface area contributed by atoms with Crippen molar-refractivity contribution < 1.29 is 19.4 Å². The molecule has 1 heterocycles. The molecule has 0 saturated heterocycles. The minimum Gasteiger partial charge on any atom is -0.507 e. The first-order valence-corrected chi connectivity index (χ1v) is 8.99. The molecular weight excluding hydrogens is 367 g/mol. The fourth-order valence-corrected chi connectivity index (χ4v) is 2.69. The molecule has 1 N–H and O–H groups in total. The number of phenolic OH excluding ortho intramolecular Hbond substituents is 1. The van der Waals surface area contributed by atoms with Crippen LogP contribution < -0.4 is 4.74 Å². The van der Waals surface area contributed by atoms with Crippen LogP contribution >= 0.6 is 30.1 Å². The van der Waals surface area contributed by atoms with Gasteiger partial charge in [-0.1, -0.05) is 8.93 Å². The van der Waals surface area contributed by atoms with Gasteiger partial charge in [0, 0.05) is 16.9 Å². The molecule has 98 valence electrons. The first-order chi connectivity index (χ1) is 8.57. The Morgan fingerprint density at radius 3 is 2.83 bits per heavy atom. The van der Waals surface area contributed by atoms with E-state index in [4.69, 9.17) is 9.47 Å². The molecule has 6 heteroatoms. The van der Waals surface area contributed by atoms with Crippen molar-refractivity contribution in [2.75, 3.05) is 12.4 Å². The molecule has 0 fully saturated rings. The molecular formula is C12H13IO4S. The smallest absolute Gasteiger partial charge is 0.342 e. The lowest BCUT2D eigenvalue weighted by atomic mass is 9.98. The molecule has 1 aromatic carbocycles. The second-order valence-electron chi connectivity index (χ2n) is 4.02. The lowest BCUT2D eigenvalue weighted by Gasteiger charge is -2.15. The van der Waals surface area contributed by atoms with Gasteiger partial charge in [0.25, 0.3) is 0 Å². The highest BCUT2D eigenvalue weighted by molar-refractivity contribution is 14.2. The maximum atomic E-state index is 11.7. The zero-order valence-electron chi connectivity index (χ0n) is 10.1. The Labute approximate surface area is 122 Å². The van der Waals surface area contributed by atoms with Crippen LogP contribution in [-0.2, 0) is 11.3 Å². The number of halogens is 1. The predicted molar refractivity (Wildman–Crippen MR) is 78.7 cm³/mol. The topological polar surface area (TPSA) is 55.8 Å². The van der Waals surface area contributed by atoms with Gasteiger partial charge in [-0.05, 0) is 40.6 Å². The summed E-state index contributed by atoms with van der Waals surface area (Å²) in [4.78, 5) is 11.7. The highest BCUT2D eigenvalue weighted by atomic mass is 127. The molecule has 0 amide bonds. The van der Waals surface area contributed by atoms with E-state index < -0.39 is 0 Å². The van der Waals surface area contributed by atoms with Gasteiger partial charge in [0.05, 0.1) is 6.61 Å². The average molecular weight is 380 g/mol. The molecule has 0 spiro atoms. The number of phenols is 1. The Hall–Kier alpha value is -0.630. The second-order valence-corrected chi connectivity index (χ2v) is 6.51. The first-order valence-electron chi connectivity index (χ1n) is 5.46. The Kier molecular flexibility index (Phi) is 4.26. The number of esters is 1. The third-order valence-corrected chi connectivity index (χ3v) is 4.63. The van der Waals surface area contributed by atoms with E-state index in [2.05, 4.69) is 21.2 Å². The number of cyclic esters (lactones) is 1. The number of hydrogen-bond acceptors (Lipinski definition) is 5. The van der Waals surface area contributed by atoms with Crippen molar-refractivity contribution in [3.63, 3.8) is 0 Å². The highest BCUT2D eigenvalue weighted by Crippen LogP contribution is 2.41. The largest absolute Gasteiger partial charge is 0.507 e. The molecule has 0 unspecified atom stereocenters. The van der Waals surface area contributed by atoms with Gasteiger partial charge in [-0.2, -0.15) is 0 Å². The molecule has 0 radical (unpaired) electrons. The summed E-state index contributed by atoms with van der Waals surface area (Å²) in [6.07, 6.45) is 0. The molecule has 1 aliphatic heterocycles. The molecule has 0 bridgehead atoms. The maximum Gasteiger partial charge on any atom is 0.342 e. The average Bonchev–Trinajstić information content (AvgIpc) is 2.73. The SMILES string of the molecule is Cc1c(O)c(C)c(OCCSI)c2c1COC2=O. The Bertz CT molecular complexity index is 502. The van der Waals surface area contributed by atoms with Crippen LogP contribution in [0.4, 0.5) is 0 Å². The summed E-state index contributed by atoms with van der Waals surface area (Å²) in [6, 6.07) is 0. The molecule has 0 saturated carbocycles. The highest BCUT2D eigenvalue weighted by Gasteiger charge is 2.31. The minimum atomic E-state index is -0.367. The van der Waals surface area contributed by atoms with E-state index in [1.807, 2.05) is 0 Å². The van der Waals surface area contributed by atoms with Gasteiger partial charge in [0.2, 0.25) is 0 Å². The van der Waals surface area contributed by atoms with Crippen molar-refractivity contribution in [2.45, 2.75) is 20.5 Å². The van der Waals surface area contributed by atoms with Crippen molar-refractivity contribution in [3.8, 4) is 11.5 Å². The van der Waals surface area contributed by atoms with Gasteiger partial charge >= 0.3 is 5.97 Å². The molecule has 4 nitrogen and oxygen atoms in total. The van der Waals surface area contributed by atoms with Crippen molar-refractivity contribution in [2.24, 2.45) is 0 Å². The number of rotatable bonds is 4. The zero-order chi connectivity index (χ0) is 13.3. The number of carbonyl (C=O) groups is 1. The number of fused-ring (bicyclic) bond motifs is 1. The van der Waals surface area contributed by atoms with E-state index in [-0.39, 0.29) is 18.3 Å². The van der Waals surface area contributed by atoms with E-state index in [0.717, 1.165) is 11.3 Å². The Balaban J connectivity index is 2.47. The van der Waals surface area contributed by atoms with Gasteiger partial charge in [0.1, 0.15) is 23.7 Å². The first kappa shape index (κ1) is 13.8. The van der Waals surface area contributed by atoms with Gasteiger partial charge < -0.3 is 14.6 Å². The van der Waals surface area contributed by atoms with Crippen molar-refractivity contribution in [1.29, 1.82) is 0 Å². The lowest BCUT2D eigenvalue weighted by Crippen LogP contribution is -2.07. The Morgan fingerprint density at radius 2 is 2.17 bits per heavy atom. The molecule has 2 rings (SSSR count). The molecule has 0 aromatic heterocycles. The Morgan fingerprint density at radius 1 is 1.44 bits per heavy atom. The van der Waals surface area contributed by atoms with Crippen LogP contribution in [0, 0.1) is 13.8 Å². The molecule has 0 aliphatic carbocycles. The summed E-state index contributed by atoms with van der Waals surface area (Å²) < 4.78 is 10.7. The monoisotopic (exact) mass is 380 g/mol. The minimum absolute atomic E-state index is 0.184. The summed E-state index contributed by atoms with van der Waals surface area (Å²) in [5.74, 6) is 1.09. The van der Waals surface area contributed by atoms with Crippen molar-refractivity contribution >= 4 is 36.1 Å². The third kappa shape index (κ3) is 2.27. The van der Waals surface area contributed by atoms with E-state index >= 15 is 0 Å². The van der Waals surface area contributed by atoms with Crippen LogP contribution in [0.5, 0.6) is 11.5 Å². The van der Waals surface area contributed by atoms with E-state index in [1.54, 1.807) is 22.8 Å². The summed E-state index contributed by atoms with van der Waals surface area (Å²) in [5, 5.41) is 10.0. The van der Waals surface area contributed by atoms with Crippen LogP contribution in [0.2, 0.25) is 0 Å². The molecule has 1 aromatic rings. The van der Waals surface area contributed by atoms with Crippen LogP contribution in [0.1, 0.15) is 27.0 Å². The summed E-state index contributed by atoms with van der Waals surface area (Å²) in [7, 11) is 1.63. The number of benzene rings is 1. The number of hydrogen-bond donors (Lipinski definition) is 1. The van der Waals surface area contributed by atoms with E-state index in [9.17, 15) is 9.90 Å². The van der Waals surface area contributed by atoms with Crippen molar-refractivity contribution in [1.82, 2.24) is 0 Å². The van der Waals surface area contributed by atoms with Crippen LogP contribution in [0.25, 0.3) is 0 Å². The summed E-state index contributed by atoms with van der Waals surface area (Å²) >= 11 is 2.19. The third-order valence-electron chi connectivity index (χ3n) is 2.99. The van der Waals surface area contributed by atoms with Crippen LogP contribution in [0.15, 0.2) is 0 Å². The van der Waals surface area contributed by atoms with Gasteiger partial charge in [-0.25, -0.2) is 4.79 Å². The second kappa shape index (κ2) is 5.56. The maximum absolute atomic E-state index is 11.7. The number of aromatic hydroxyl groups is 1. The van der Waals surface area contributed by atoms with E-state index in [1.165, 1.54) is 0 Å². The number of carbonyl (C=O) groups excluding carboxylic acids is 1. The summed E-state index contributed by atoms with van der Waals surface area (Å²) in [5.41, 5.74) is 2.51. The quantitative estimate of drug-likeness (QED) is 0.494. The fraction of sp³-hybridized carbons (Fsp3) is 0.417. The number of ether oxygens (including phenoxy) is 2. The fourth-order valence-electron chi connectivity index (χ4n) is 2.01. The van der Waals surface area contributed by atoms with Gasteiger partial charge in [0.15, 0.2) is 0 Å². The lowest BCUT2D eigenvalue weighted by molar-refractivity contribution is 0.0532. The molecule has 0 atom stereocenters. The van der Waals surface area contributed by atoms with Crippen molar-refractivity contribution in [3.05, 3.63) is 22.3 Å². The standard InChI is InChI=1S/C12H13IO4S/c1-6-8-5-17-12(15)9(8)11(7(2)10(6)14)16-3-4-18-13/h14H,3-5H2,1-2H3. The zero-order valence-corrected chi connectivity index (χ0v) is 13.1. The van der Waals surface area contributed by atoms with E-state index in [0.29, 0.717) is 29.0 Å². The van der Waals surface area contributed by atoms with Gasteiger partial charge in [-0.15, -0.1) is 0 Å². The van der Waals surface area contributed by atoms with Crippen LogP contribution in [-0.4, -0.2) is 23.4 Å². The predicted octanol–water partition coefficient (Wildman–Crippen LogP) is 3.14. The molecule has 18 heavy (non-hydrogen) atoms. The van der Waals surface area contributed by atoms with Crippen LogP contribution in [0.3, 0.4) is 0 Å². The molecule has 1 aliphatic rings. The summed E-state index contributed by atoms with van der Waals surface area (Å²) in [6.45, 7) is 4.25. The van der Waals surface area contributed by atoms with Gasteiger partial charge in [-0.3, -0.25) is 0 Å².